The quantitative estimate of drug-likeness (QED) is 0.497. The molecule has 0 aliphatic carbocycles. The third kappa shape index (κ3) is 10.7. The molecule has 1 radical (unpaired) electrons. The van der Waals surface area contributed by atoms with Gasteiger partial charge in [0.15, 0.2) is 0 Å². The molecule has 0 aromatic heterocycles. The van der Waals surface area contributed by atoms with Crippen molar-refractivity contribution < 1.29 is 17.7 Å². The molecule has 0 rings (SSSR count). The van der Waals surface area contributed by atoms with Crippen LogP contribution in [0.2, 0.25) is 0 Å². The summed E-state index contributed by atoms with van der Waals surface area (Å²) in [5.41, 5.74) is 0. The first-order valence-corrected chi connectivity index (χ1v) is 3.07. The van der Waals surface area contributed by atoms with Gasteiger partial charge in [-0.1, -0.05) is 4.55 Å². The molecule has 0 aliphatic rings. The van der Waals surface area contributed by atoms with Crippen molar-refractivity contribution in [1.29, 1.82) is 0 Å². The summed E-state index contributed by atoms with van der Waals surface area (Å²) in [7, 11) is -3.91. The van der Waals surface area contributed by atoms with Crippen LogP contribution >= 0.6 is 0 Å². The zero-order valence-corrected chi connectivity index (χ0v) is 4.56. The highest BCUT2D eigenvalue weighted by Crippen LogP contribution is 1.76. The average Bonchev–Trinajstić information content (AvgIpc) is 1.35. The van der Waals surface area contributed by atoms with Crippen LogP contribution in [0, 0.1) is 0 Å². The summed E-state index contributed by atoms with van der Waals surface area (Å²) in [6, 6.07) is 0. The van der Waals surface area contributed by atoms with Gasteiger partial charge in [0.1, 0.15) is 0 Å². The standard InChI is InChI=1S/C2H5O3S.FH/c1-2-6(3,4)5;/h2H2,1H3;1H. The minimum absolute atomic E-state index is 0. The molecule has 0 amide bonds. The first-order chi connectivity index (χ1) is 2.56. The van der Waals surface area contributed by atoms with E-state index in [4.69, 9.17) is 0 Å². The van der Waals surface area contributed by atoms with E-state index in [1.165, 1.54) is 6.92 Å². The van der Waals surface area contributed by atoms with Crippen molar-refractivity contribution in [2.45, 2.75) is 6.92 Å². The minimum atomic E-state index is -3.91. The van der Waals surface area contributed by atoms with E-state index in [0.29, 0.717) is 0 Å². The molecule has 0 aliphatic heterocycles. The summed E-state index contributed by atoms with van der Waals surface area (Å²) in [6.07, 6.45) is 0. The van der Waals surface area contributed by atoms with Crippen molar-refractivity contribution in [3.05, 3.63) is 0 Å². The van der Waals surface area contributed by atoms with Gasteiger partial charge in [-0.05, 0) is 6.92 Å². The lowest BCUT2D eigenvalue weighted by molar-refractivity contribution is 0.415. The van der Waals surface area contributed by atoms with E-state index < -0.39 is 10.1 Å². The van der Waals surface area contributed by atoms with Gasteiger partial charge >= 0.3 is 0 Å². The Hall–Kier alpha value is -0.160. The summed E-state index contributed by atoms with van der Waals surface area (Å²) in [5, 5.41) is 0. The Kier molecular flexibility index (Phi) is 4.16. The lowest BCUT2D eigenvalue weighted by atomic mass is 11.0. The molecule has 0 atom stereocenters. The molecule has 3 nitrogen and oxygen atoms in total. The van der Waals surface area contributed by atoms with Gasteiger partial charge in [0.2, 0.25) is 0 Å². The van der Waals surface area contributed by atoms with Crippen LogP contribution in [0.4, 0.5) is 4.70 Å². The molecule has 0 saturated carbocycles. The lowest BCUT2D eigenvalue weighted by Crippen LogP contribution is -1.95. The number of hydrogen-bond acceptors (Lipinski definition) is 2. The maximum absolute atomic E-state index is 9.44. The van der Waals surface area contributed by atoms with Crippen LogP contribution in [0.5, 0.6) is 0 Å². The van der Waals surface area contributed by atoms with Gasteiger partial charge in [0, 0.05) is 0 Å². The Balaban J connectivity index is 0. The van der Waals surface area contributed by atoms with Crippen LogP contribution in [-0.4, -0.2) is 14.2 Å². The Bertz CT molecular complexity index is 115. The van der Waals surface area contributed by atoms with Gasteiger partial charge in [-0.3, -0.25) is 4.70 Å². The number of rotatable bonds is 1. The summed E-state index contributed by atoms with van der Waals surface area (Å²) in [4.78, 5) is 0. The third-order valence-corrected chi connectivity index (χ3v) is 1.06. The van der Waals surface area contributed by atoms with Crippen LogP contribution in [0.3, 0.4) is 0 Å². The minimum Gasteiger partial charge on any atom is -0.269 e. The van der Waals surface area contributed by atoms with Crippen molar-refractivity contribution in [1.82, 2.24) is 0 Å². The van der Waals surface area contributed by atoms with Gasteiger partial charge in [-0.2, -0.15) is 8.42 Å². The highest BCUT2D eigenvalue weighted by atomic mass is 32.2. The van der Waals surface area contributed by atoms with E-state index in [1.54, 1.807) is 0 Å². The lowest BCUT2D eigenvalue weighted by Gasteiger charge is -1.75. The molecule has 0 aromatic carbocycles. The molecule has 0 unspecified atom stereocenters. The fourth-order valence-corrected chi connectivity index (χ4v) is 0. The molecule has 0 aromatic rings. The first-order valence-electron chi connectivity index (χ1n) is 1.50. The summed E-state index contributed by atoms with van der Waals surface area (Å²) in [6.45, 7) is 1.31. The third-order valence-electron chi connectivity index (χ3n) is 0.354. The van der Waals surface area contributed by atoms with Gasteiger partial charge in [-0.15, -0.1) is 0 Å². The van der Waals surface area contributed by atoms with Crippen molar-refractivity contribution in [3.8, 4) is 0 Å². The number of halogens is 1. The van der Waals surface area contributed by atoms with Crippen molar-refractivity contribution in [2.24, 2.45) is 0 Å². The molecule has 0 N–H and O–H groups in total. The van der Waals surface area contributed by atoms with Crippen LogP contribution in [0.25, 0.3) is 0 Å². The fourth-order valence-electron chi connectivity index (χ4n) is 0. The predicted octanol–water partition coefficient (Wildman–Crippen LogP) is -0.0809. The van der Waals surface area contributed by atoms with E-state index in [0.717, 1.165) is 0 Å². The molecule has 0 saturated heterocycles. The van der Waals surface area contributed by atoms with E-state index in [1.807, 2.05) is 0 Å². The molecule has 0 bridgehead atoms. The molecule has 5 heteroatoms. The van der Waals surface area contributed by atoms with Crippen molar-refractivity contribution in [2.75, 3.05) is 5.75 Å². The monoisotopic (exact) mass is 129 g/mol. The zero-order valence-electron chi connectivity index (χ0n) is 3.75. The molecule has 45 valence electrons. The SMILES string of the molecule is CCS([O])(=O)=O.F. The fraction of sp³-hybridized carbons (Fsp3) is 1.00. The van der Waals surface area contributed by atoms with Crippen molar-refractivity contribution >= 4 is 10.1 Å². The van der Waals surface area contributed by atoms with Gasteiger partial charge < -0.3 is 0 Å². The molecular formula is C2H6FO3S. The maximum Gasteiger partial charge on any atom is 0.294 e. The molecule has 7 heavy (non-hydrogen) atoms. The molecule has 0 heterocycles. The van der Waals surface area contributed by atoms with Crippen molar-refractivity contribution in [3.63, 3.8) is 0 Å². The molecular weight excluding hydrogens is 123 g/mol. The largest absolute Gasteiger partial charge is 0.294 e. The second kappa shape index (κ2) is 2.92. The van der Waals surface area contributed by atoms with E-state index >= 15 is 0 Å². The average molecular weight is 129 g/mol. The van der Waals surface area contributed by atoms with Crippen LogP contribution in [0.1, 0.15) is 6.92 Å². The van der Waals surface area contributed by atoms with Crippen LogP contribution in [0.15, 0.2) is 0 Å². The zero-order chi connectivity index (χ0) is 5.21. The Labute approximate surface area is 41.5 Å². The highest BCUT2D eigenvalue weighted by Gasteiger charge is 1.96. The topological polar surface area (TPSA) is 54.0 Å². The van der Waals surface area contributed by atoms with Gasteiger partial charge in [-0.25, -0.2) is 0 Å². The normalized spacial score (nSPS) is 10.0. The smallest absolute Gasteiger partial charge is 0.269 e. The Morgan fingerprint density at radius 1 is 1.43 bits per heavy atom. The number of hydrogen-bond donors (Lipinski definition) is 0. The van der Waals surface area contributed by atoms with E-state index in [2.05, 4.69) is 0 Å². The second-order valence-corrected chi connectivity index (χ2v) is 2.54. The van der Waals surface area contributed by atoms with Gasteiger partial charge in [0.25, 0.3) is 10.1 Å². The predicted molar refractivity (Wildman–Crippen MR) is 22.7 cm³/mol. The Morgan fingerprint density at radius 2 is 1.57 bits per heavy atom. The Morgan fingerprint density at radius 3 is 1.57 bits per heavy atom. The van der Waals surface area contributed by atoms with Gasteiger partial charge in [0.05, 0.1) is 5.75 Å². The van der Waals surface area contributed by atoms with E-state index in [-0.39, 0.29) is 10.5 Å². The highest BCUT2D eigenvalue weighted by molar-refractivity contribution is 7.85. The summed E-state index contributed by atoms with van der Waals surface area (Å²) < 4.78 is 28.3. The van der Waals surface area contributed by atoms with E-state index in [9.17, 15) is 13.0 Å². The van der Waals surface area contributed by atoms with Crippen LogP contribution in [-0.2, 0) is 14.7 Å². The molecule has 0 spiro atoms. The first kappa shape index (κ1) is 9.96. The summed E-state index contributed by atoms with van der Waals surface area (Å²) in [5.74, 6) is -0.312. The molecule has 0 fully saturated rings. The maximum atomic E-state index is 9.44. The summed E-state index contributed by atoms with van der Waals surface area (Å²) >= 11 is 0. The second-order valence-electron chi connectivity index (χ2n) is 0.846. The van der Waals surface area contributed by atoms with Crippen LogP contribution < -0.4 is 0 Å².